The van der Waals surface area contributed by atoms with Crippen LogP contribution in [0.1, 0.15) is 0 Å². The van der Waals surface area contributed by atoms with Gasteiger partial charge in [-0.1, -0.05) is 11.6 Å². The molecule has 1 heterocycles. The number of hydrogen-bond acceptors (Lipinski definition) is 2. The molecule has 0 saturated carbocycles. The Labute approximate surface area is 77.3 Å². The van der Waals surface area contributed by atoms with E-state index in [1.807, 2.05) is 0 Å². The predicted octanol–water partition coefficient (Wildman–Crippen LogP) is 2.68. The number of hydrogen-bond donors (Lipinski definition) is 0. The summed E-state index contributed by atoms with van der Waals surface area (Å²) in [6, 6.07) is 2.66. The van der Waals surface area contributed by atoms with Crippen molar-refractivity contribution >= 4 is 11.6 Å². The molecule has 0 aliphatic rings. The van der Waals surface area contributed by atoms with Crippen LogP contribution in [0, 0.1) is 0 Å². The van der Waals surface area contributed by atoms with E-state index in [0.717, 1.165) is 0 Å². The summed E-state index contributed by atoms with van der Waals surface area (Å²) in [4.78, 5) is 3.54. The molecule has 0 atom stereocenters. The maximum Gasteiger partial charge on any atom is 0.422 e. The van der Waals surface area contributed by atoms with Crippen molar-refractivity contribution < 1.29 is 17.9 Å². The lowest BCUT2D eigenvalue weighted by molar-refractivity contribution is -0.154. The predicted molar refractivity (Wildman–Crippen MR) is 40.8 cm³/mol. The molecule has 0 spiro atoms. The molecule has 0 aromatic carbocycles. The number of aromatic nitrogens is 1. The molecule has 0 unspecified atom stereocenters. The zero-order valence-corrected chi connectivity index (χ0v) is 7.06. The fourth-order valence-corrected chi connectivity index (χ4v) is 0.770. The lowest BCUT2D eigenvalue weighted by atomic mass is 10.5. The number of pyridine rings is 1. The highest BCUT2D eigenvalue weighted by molar-refractivity contribution is 6.30. The number of rotatable bonds is 2. The monoisotopic (exact) mass is 211 g/mol. The van der Waals surface area contributed by atoms with Gasteiger partial charge in [-0.3, -0.25) is 0 Å². The fourth-order valence-electron chi connectivity index (χ4n) is 0.620. The number of halogens is 4. The molecule has 0 N–H and O–H groups in total. The summed E-state index contributed by atoms with van der Waals surface area (Å²) in [5, 5.41) is 0.284. The van der Waals surface area contributed by atoms with Crippen molar-refractivity contribution in [2.45, 2.75) is 6.18 Å². The second kappa shape index (κ2) is 3.83. The van der Waals surface area contributed by atoms with Gasteiger partial charge in [0.15, 0.2) is 6.61 Å². The van der Waals surface area contributed by atoms with Gasteiger partial charge in [-0.05, 0) is 6.07 Å². The first-order chi connectivity index (χ1) is 5.97. The highest BCUT2D eigenvalue weighted by atomic mass is 35.5. The van der Waals surface area contributed by atoms with E-state index < -0.39 is 12.8 Å². The molecule has 0 fully saturated rings. The molecular formula is C7H5ClF3NO. The molecule has 1 rings (SSSR count). The van der Waals surface area contributed by atoms with Gasteiger partial charge in [-0.25, -0.2) is 4.98 Å². The van der Waals surface area contributed by atoms with E-state index in [4.69, 9.17) is 11.6 Å². The van der Waals surface area contributed by atoms with E-state index in [0.29, 0.717) is 0 Å². The van der Waals surface area contributed by atoms with Crippen molar-refractivity contribution in [3.8, 4) is 5.88 Å². The largest absolute Gasteiger partial charge is 0.468 e. The second-order valence-corrected chi connectivity index (χ2v) is 2.65. The third kappa shape index (κ3) is 3.98. The average Bonchev–Trinajstić information content (AvgIpc) is 2.00. The molecule has 2 nitrogen and oxygen atoms in total. The van der Waals surface area contributed by atoms with E-state index in [1.165, 1.54) is 18.3 Å². The number of nitrogens with zero attached hydrogens (tertiary/aromatic N) is 1. The highest BCUT2D eigenvalue weighted by Crippen LogP contribution is 2.18. The van der Waals surface area contributed by atoms with Gasteiger partial charge in [0.05, 0.1) is 0 Å². The molecule has 0 saturated heterocycles. The Balaban J connectivity index is 2.55. The molecule has 0 amide bonds. The van der Waals surface area contributed by atoms with Crippen molar-refractivity contribution in [1.29, 1.82) is 0 Å². The normalized spacial score (nSPS) is 11.4. The summed E-state index contributed by atoms with van der Waals surface area (Å²) in [5.41, 5.74) is 0. The van der Waals surface area contributed by atoms with E-state index in [9.17, 15) is 13.2 Å². The molecule has 1 aromatic rings. The Morgan fingerprint density at radius 2 is 2.15 bits per heavy atom. The number of ether oxygens (including phenoxy) is 1. The summed E-state index contributed by atoms with van der Waals surface area (Å²) >= 11 is 5.49. The third-order valence-corrected chi connectivity index (χ3v) is 1.32. The average molecular weight is 212 g/mol. The van der Waals surface area contributed by atoms with Gasteiger partial charge < -0.3 is 4.74 Å². The van der Waals surface area contributed by atoms with Crippen molar-refractivity contribution in [3.05, 3.63) is 23.4 Å². The first-order valence-corrected chi connectivity index (χ1v) is 3.66. The van der Waals surface area contributed by atoms with Crippen LogP contribution in [0.4, 0.5) is 13.2 Å². The Kier molecular flexibility index (Phi) is 2.98. The maximum absolute atomic E-state index is 11.7. The third-order valence-electron chi connectivity index (χ3n) is 1.08. The summed E-state index contributed by atoms with van der Waals surface area (Å²) in [5.74, 6) is -0.134. The summed E-state index contributed by atoms with van der Waals surface area (Å²) in [7, 11) is 0. The second-order valence-electron chi connectivity index (χ2n) is 2.22. The van der Waals surface area contributed by atoms with Crippen molar-refractivity contribution in [3.63, 3.8) is 0 Å². The first kappa shape index (κ1) is 10.1. The van der Waals surface area contributed by atoms with Gasteiger partial charge in [-0.2, -0.15) is 13.2 Å². The van der Waals surface area contributed by atoms with Crippen LogP contribution >= 0.6 is 11.6 Å². The van der Waals surface area contributed by atoms with Crippen LogP contribution in [0.3, 0.4) is 0 Å². The smallest absolute Gasteiger partial charge is 0.422 e. The minimum Gasteiger partial charge on any atom is -0.468 e. The molecule has 0 aliphatic heterocycles. The SMILES string of the molecule is FC(F)(F)COc1cc(Cl)ccn1. The Bertz CT molecular complexity index is 289. The van der Waals surface area contributed by atoms with Gasteiger partial charge in [0.1, 0.15) is 0 Å². The van der Waals surface area contributed by atoms with Crippen LogP contribution in [0.5, 0.6) is 5.88 Å². The summed E-state index contributed by atoms with van der Waals surface area (Å²) in [6.07, 6.45) is -3.09. The summed E-state index contributed by atoms with van der Waals surface area (Å²) in [6.45, 7) is -1.36. The van der Waals surface area contributed by atoms with Crippen molar-refractivity contribution in [1.82, 2.24) is 4.98 Å². The molecule has 72 valence electrons. The molecule has 6 heteroatoms. The Morgan fingerprint density at radius 1 is 1.46 bits per heavy atom. The van der Waals surface area contributed by atoms with Crippen LogP contribution in [0.15, 0.2) is 18.3 Å². The minimum atomic E-state index is -4.36. The molecule has 13 heavy (non-hydrogen) atoms. The van der Waals surface area contributed by atoms with Gasteiger partial charge in [-0.15, -0.1) is 0 Å². The lowest BCUT2D eigenvalue weighted by Gasteiger charge is -2.07. The molecule has 0 bridgehead atoms. The zero-order valence-electron chi connectivity index (χ0n) is 6.31. The fraction of sp³-hybridized carbons (Fsp3) is 0.286. The lowest BCUT2D eigenvalue weighted by Crippen LogP contribution is -2.19. The quantitative estimate of drug-likeness (QED) is 0.750. The van der Waals surface area contributed by atoms with Gasteiger partial charge in [0, 0.05) is 17.3 Å². The minimum absolute atomic E-state index is 0.134. The Hall–Kier alpha value is -0.970. The molecule has 1 aromatic heterocycles. The van der Waals surface area contributed by atoms with Gasteiger partial charge >= 0.3 is 6.18 Å². The molecule has 0 radical (unpaired) electrons. The van der Waals surface area contributed by atoms with E-state index in [2.05, 4.69) is 9.72 Å². The van der Waals surface area contributed by atoms with Crippen molar-refractivity contribution in [2.75, 3.05) is 6.61 Å². The van der Waals surface area contributed by atoms with Crippen LogP contribution in [0.2, 0.25) is 5.02 Å². The number of alkyl halides is 3. The van der Waals surface area contributed by atoms with E-state index in [1.54, 1.807) is 0 Å². The summed E-state index contributed by atoms with van der Waals surface area (Å²) < 4.78 is 39.3. The first-order valence-electron chi connectivity index (χ1n) is 3.28. The van der Waals surface area contributed by atoms with Crippen LogP contribution in [-0.4, -0.2) is 17.8 Å². The van der Waals surface area contributed by atoms with Gasteiger partial charge in [0.25, 0.3) is 0 Å². The van der Waals surface area contributed by atoms with Gasteiger partial charge in [0.2, 0.25) is 5.88 Å². The molecular weight excluding hydrogens is 207 g/mol. The Morgan fingerprint density at radius 3 is 2.69 bits per heavy atom. The van der Waals surface area contributed by atoms with Crippen molar-refractivity contribution in [2.24, 2.45) is 0 Å². The topological polar surface area (TPSA) is 22.1 Å². The van der Waals surface area contributed by atoms with Crippen LogP contribution < -0.4 is 4.74 Å². The maximum atomic E-state index is 11.7. The van der Waals surface area contributed by atoms with E-state index in [-0.39, 0.29) is 10.9 Å². The zero-order chi connectivity index (χ0) is 9.90. The molecule has 0 aliphatic carbocycles. The van der Waals surface area contributed by atoms with Crippen LogP contribution in [0.25, 0.3) is 0 Å². The standard InChI is InChI=1S/C7H5ClF3NO/c8-5-1-2-12-6(3-5)13-4-7(9,10)11/h1-3H,4H2. The van der Waals surface area contributed by atoms with E-state index >= 15 is 0 Å². The highest BCUT2D eigenvalue weighted by Gasteiger charge is 2.28. The van der Waals surface area contributed by atoms with Crippen LogP contribution in [-0.2, 0) is 0 Å².